The molecule has 0 unspecified atom stereocenters. The maximum atomic E-state index is 10.7. The summed E-state index contributed by atoms with van der Waals surface area (Å²) in [6.45, 7) is 1.99. The lowest BCUT2D eigenvalue weighted by Gasteiger charge is -2.37. The summed E-state index contributed by atoms with van der Waals surface area (Å²) < 4.78 is 0. The predicted octanol–water partition coefficient (Wildman–Crippen LogP) is 7.02. The summed E-state index contributed by atoms with van der Waals surface area (Å²) in [5, 5.41) is 11.5. The Morgan fingerprint density at radius 3 is 1.50 bits per heavy atom. The third-order valence-corrected chi connectivity index (χ3v) is 6.19. The number of halogens is 1. The van der Waals surface area contributed by atoms with Gasteiger partial charge in [-0.1, -0.05) is 119 Å². The highest BCUT2D eigenvalue weighted by atomic mass is 79.9. The summed E-state index contributed by atoms with van der Waals surface area (Å²) in [6, 6.07) is 36.3. The number of hydrogen-bond acceptors (Lipinski definition) is 1. The lowest BCUT2D eigenvalue weighted by atomic mass is 9.64. The minimum absolute atomic E-state index is 0.390. The van der Waals surface area contributed by atoms with E-state index in [-0.39, 0.29) is 0 Å². The highest BCUT2D eigenvalue weighted by Gasteiger charge is 2.38. The van der Waals surface area contributed by atoms with Gasteiger partial charge in [0.1, 0.15) is 5.75 Å². The molecule has 0 aliphatic carbocycles. The van der Waals surface area contributed by atoms with Crippen LogP contribution in [-0.4, -0.2) is 10.4 Å². The monoisotopic (exact) mass is 456 g/mol. The van der Waals surface area contributed by atoms with Gasteiger partial charge in [0.25, 0.3) is 0 Å². The normalized spacial score (nSPS) is 11.4. The van der Waals surface area contributed by atoms with E-state index in [0.717, 1.165) is 28.4 Å². The summed E-state index contributed by atoms with van der Waals surface area (Å²) in [4.78, 5) is 0. The number of rotatable bonds is 6. The third kappa shape index (κ3) is 3.57. The molecule has 0 aromatic heterocycles. The van der Waals surface area contributed by atoms with Crippen molar-refractivity contribution in [3.63, 3.8) is 0 Å². The summed E-state index contributed by atoms with van der Waals surface area (Å²) in [7, 11) is 0. The van der Waals surface area contributed by atoms with Gasteiger partial charge in [-0.25, -0.2) is 0 Å². The fourth-order valence-corrected chi connectivity index (χ4v) is 4.85. The number of phenolic OH excluding ortho intramolecular Hbond substituents is 1. The number of aromatic hydroxyl groups is 1. The minimum atomic E-state index is -0.483. The number of phenols is 1. The van der Waals surface area contributed by atoms with Crippen molar-refractivity contribution in [3.8, 4) is 5.75 Å². The van der Waals surface area contributed by atoms with Gasteiger partial charge < -0.3 is 5.11 Å². The maximum Gasteiger partial charge on any atom is 0.121 e. The molecule has 2 heteroatoms. The van der Waals surface area contributed by atoms with Crippen LogP contribution in [-0.2, 0) is 11.8 Å². The van der Waals surface area contributed by atoms with Gasteiger partial charge in [0, 0.05) is 5.33 Å². The highest BCUT2D eigenvalue weighted by molar-refractivity contribution is 9.09. The van der Waals surface area contributed by atoms with Crippen LogP contribution in [0.1, 0.15) is 33.4 Å². The smallest absolute Gasteiger partial charge is 0.121 e. The average molecular weight is 457 g/mol. The third-order valence-electron chi connectivity index (χ3n) is 5.80. The van der Waals surface area contributed by atoms with Crippen LogP contribution in [0.4, 0.5) is 0 Å². The van der Waals surface area contributed by atoms with Gasteiger partial charge in [0.05, 0.1) is 5.41 Å². The molecule has 1 nitrogen and oxygen atoms in total. The standard InChI is InChI=1S/C28H25BrO/c1-21-19-26(20-22(17-18-29)27(21)30)28(23-11-5-2-6-12-23,24-13-7-3-8-14-24)25-15-9-4-10-16-25/h2-16,19-20,30H,17-18H2,1H3. The second kappa shape index (κ2) is 8.89. The van der Waals surface area contributed by atoms with Crippen LogP contribution < -0.4 is 0 Å². The Morgan fingerprint density at radius 1 is 0.667 bits per heavy atom. The van der Waals surface area contributed by atoms with Crippen LogP contribution in [0.3, 0.4) is 0 Å². The molecule has 0 saturated carbocycles. The van der Waals surface area contributed by atoms with E-state index in [1.54, 1.807) is 0 Å². The average Bonchev–Trinajstić information content (AvgIpc) is 2.80. The molecule has 0 fully saturated rings. The fourth-order valence-electron chi connectivity index (χ4n) is 4.43. The summed E-state index contributed by atoms with van der Waals surface area (Å²) >= 11 is 3.54. The Labute approximate surface area is 187 Å². The van der Waals surface area contributed by atoms with E-state index in [1.807, 2.05) is 6.92 Å². The molecule has 0 saturated heterocycles. The van der Waals surface area contributed by atoms with E-state index >= 15 is 0 Å². The van der Waals surface area contributed by atoms with Gasteiger partial charge in [-0.15, -0.1) is 0 Å². The van der Waals surface area contributed by atoms with Gasteiger partial charge in [-0.3, -0.25) is 0 Å². The van der Waals surface area contributed by atoms with Crippen LogP contribution in [0.25, 0.3) is 0 Å². The van der Waals surface area contributed by atoms with Gasteiger partial charge >= 0.3 is 0 Å². The fraction of sp³-hybridized carbons (Fsp3) is 0.143. The number of benzene rings is 4. The molecule has 150 valence electrons. The molecule has 30 heavy (non-hydrogen) atoms. The van der Waals surface area contributed by atoms with Crippen LogP contribution in [0.5, 0.6) is 5.75 Å². The van der Waals surface area contributed by atoms with Crippen molar-refractivity contribution in [1.82, 2.24) is 0 Å². The van der Waals surface area contributed by atoms with Crippen molar-refractivity contribution < 1.29 is 5.11 Å². The Morgan fingerprint density at radius 2 is 1.10 bits per heavy atom. The lowest BCUT2D eigenvalue weighted by Crippen LogP contribution is -2.31. The van der Waals surface area contributed by atoms with Gasteiger partial charge in [0.15, 0.2) is 0 Å². The lowest BCUT2D eigenvalue weighted by molar-refractivity contribution is 0.464. The van der Waals surface area contributed by atoms with E-state index in [0.29, 0.717) is 5.75 Å². The maximum absolute atomic E-state index is 10.7. The van der Waals surface area contributed by atoms with E-state index in [9.17, 15) is 5.11 Å². The van der Waals surface area contributed by atoms with E-state index < -0.39 is 5.41 Å². The quantitative estimate of drug-likeness (QED) is 0.244. The molecule has 4 aromatic carbocycles. The Balaban J connectivity index is 2.14. The second-order valence-electron chi connectivity index (χ2n) is 7.59. The summed E-state index contributed by atoms with van der Waals surface area (Å²) in [5.41, 5.74) is 6.16. The van der Waals surface area contributed by atoms with E-state index in [2.05, 4.69) is 119 Å². The van der Waals surface area contributed by atoms with Crippen LogP contribution in [0.2, 0.25) is 0 Å². The number of aryl methyl sites for hydroxylation is 2. The Bertz CT molecular complexity index is 1010. The molecular formula is C28H25BrO. The van der Waals surface area contributed by atoms with Crippen molar-refractivity contribution >= 4 is 15.9 Å². The largest absolute Gasteiger partial charge is 0.507 e. The summed E-state index contributed by atoms with van der Waals surface area (Å²) in [5.74, 6) is 0.390. The van der Waals surface area contributed by atoms with Crippen LogP contribution in [0.15, 0.2) is 103 Å². The zero-order chi connectivity index (χ0) is 21.0. The first-order valence-corrected chi connectivity index (χ1v) is 11.4. The Kier molecular flexibility index (Phi) is 6.06. The zero-order valence-electron chi connectivity index (χ0n) is 17.1. The molecule has 4 aromatic rings. The van der Waals surface area contributed by atoms with Crippen molar-refractivity contribution in [1.29, 1.82) is 0 Å². The van der Waals surface area contributed by atoms with Gasteiger partial charge in [-0.05, 0) is 46.7 Å². The van der Waals surface area contributed by atoms with Crippen molar-refractivity contribution in [2.24, 2.45) is 0 Å². The molecule has 0 aliphatic heterocycles. The Hall–Kier alpha value is -2.84. The number of alkyl halides is 1. The molecule has 4 rings (SSSR count). The first-order valence-electron chi connectivity index (χ1n) is 10.2. The first-order chi connectivity index (χ1) is 14.7. The summed E-state index contributed by atoms with van der Waals surface area (Å²) in [6.07, 6.45) is 0.773. The molecule has 0 amide bonds. The molecule has 0 spiro atoms. The van der Waals surface area contributed by atoms with Gasteiger partial charge in [0.2, 0.25) is 0 Å². The first kappa shape index (κ1) is 20.4. The number of hydrogen-bond donors (Lipinski definition) is 1. The van der Waals surface area contributed by atoms with Crippen LogP contribution in [0, 0.1) is 6.92 Å². The predicted molar refractivity (Wildman–Crippen MR) is 129 cm³/mol. The molecular weight excluding hydrogens is 432 g/mol. The highest BCUT2D eigenvalue weighted by Crippen LogP contribution is 2.46. The van der Waals surface area contributed by atoms with Crippen LogP contribution >= 0.6 is 15.9 Å². The topological polar surface area (TPSA) is 20.2 Å². The molecule has 0 atom stereocenters. The molecule has 0 heterocycles. The SMILES string of the molecule is Cc1cc(C(c2ccccc2)(c2ccccc2)c2ccccc2)cc(CCBr)c1O. The van der Waals surface area contributed by atoms with Gasteiger partial charge in [-0.2, -0.15) is 0 Å². The molecule has 1 N–H and O–H groups in total. The minimum Gasteiger partial charge on any atom is -0.507 e. The zero-order valence-corrected chi connectivity index (χ0v) is 18.6. The molecule has 0 bridgehead atoms. The molecule has 0 aliphatic rings. The van der Waals surface area contributed by atoms with Crippen molar-refractivity contribution in [2.75, 3.05) is 5.33 Å². The molecule has 0 radical (unpaired) electrons. The van der Waals surface area contributed by atoms with E-state index in [4.69, 9.17) is 0 Å². The van der Waals surface area contributed by atoms with Crippen molar-refractivity contribution in [3.05, 3.63) is 137 Å². The van der Waals surface area contributed by atoms with Crippen molar-refractivity contribution in [2.45, 2.75) is 18.8 Å². The van der Waals surface area contributed by atoms with E-state index in [1.165, 1.54) is 16.7 Å². The second-order valence-corrected chi connectivity index (χ2v) is 8.38.